The van der Waals surface area contributed by atoms with Crippen LogP contribution in [0, 0.1) is 5.82 Å². The number of carbonyl (C=O) groups is 2. The Balaban J connectivity index is 1.49. The fraction of sp³-hybridized carbons (Fsp3) is 0.435. The topological polar surface area (TPSA) is 101 Å². The number of ether oxygens (including phenoxy) is 2. The van der Waals surface area contributed by atoms with Crippen LogP contribution in [0.1, 0.15) is 39.3 Å². The van der Waals surface area contributed by atoms with Crippen molar-refractivity contribution in [3.63, 3.8) is 0 Å². The number of alkyl carbamates (subject to hydrolysis) is 1. The molecule has 1 atom stereocenters. The standard InChI is InChI=1S/C23H26FN3O5/c1-22(2,3)32-20(29)26-23(8-9-23)19-7-4-14(11-25-19)17-6-5-15(10-18(17)24)27-12-16(13-28)31-21(27)30/h4-7,10-11,16,28H,8-9,12-13H2,1-3H3,(H,26,29). The van der Waals surface area contributed by atoms with Crippen LogP contribution in [0.15, 0.2) is 36.5 Å². The van der Waals surface area contributed by atoms with E-state index in [-0.39, 0.29) is 13.2 Å². The Kier molecular flexibility index (Phi) is 5.54. The Bertz CT molecular complexity index is 1030. The molecular weight excluding hydrogens is 417 g/mol. The lowest BCUT2D eigenvalue weighted by Gasteiger charge is -2.23. The molecule has 1 aromatic carbocycles. The second kappa shape index (κ2) is 8.05. The average molecular weight is 443 g/mol. The molecule has 32 heavy (non-hydrogen) atoms. The number of cyclic esters (lactones) is 1. The average Bonchev–Trinajstić information content (AvgIpc) is 3.39. The van der Waals surface area contributed by atoms with E-state index >= 15 is 0 Å². The van der Waals surface area contributed by atoms with E-state index < -0.39 is 35.2 Å². The number of aliphatic hydroxyl groups excluding tert-OH is 1. The van der Waals surface area contributed by atoms with Gasteiger partial charge in [-0.25, -0.2) is 14.0 Å². The molecule has 2 fully saturated rings. The van der Waals surface area contributed by atoms with Crippen LogP contribution in [0.2, 0.25) is 0 Å². The minimum absolute atomic E-state index is 0.164. The summed E-state index contributed by atoms with van der Waals surface area (Å²) in [5.74, 6) is -0.509. The zero-order chi connectivity index (χ0) is 23.1. The van der Waals surface area contributed by atoms with Crippen LogP contribution < -0.4 is 10.2 Å². The van der Waals surface area contributed by atoms with Crippen molar-refractivity contribution in [1.29, 1.82) is 0 Å². The Morgan fingerprint density at radius 3 is 2.62 bits per heavy atom. The van der Waals surface area contributed by atoms with Crippen molar-refractivity contribution < 1.29 is 28.6 Å². The molecule has 2 amide bonds. The van der Waals surface area contributed by atoms with E-state index in [1.807, 2.05) is 0 Å². The SMILES string of the molecule is CC(C)(C)OC(=O)NC1(c2ccc(-c3ccc(N4CC(CO)OC4=O)cc3F)cn2)CC1. The molecule has 1 saturated heterocycles. The maximum absolute atomic E-state index is 14.8. The van der Waals surface area contributed by atoms with Crippen molar-refractivity contribution in [1.82, 2.24) is 10.3 Å². The van der Waals surface area contributed by atoms with Crippen LogP contribution in [0.5, 0.6) is 0 Å². The molecule has 1 aromatic heterocycles. The predicted molar refractivity (Wildman–Crippen MR) is 115 cm³/mol. The summed E-state index contributed by atoms with van der Waals surface area (Å²) in [6.45, 7) is 5.28. The number of amides is 2. The van der Waals surface area contributed by atoms with Gasteiger partial charge in [-0.15, -0.1) is 0 Å². The summed E-state index contributed by atoms with van der Waals surface area (Å²) in [5.41, 5.74) is 0.815. The normalized spacial score (nSPS) is 19.5. The first-order valence-electron chi connectivity index (χ1n) is 10.5. The zero-order valence-electron chi connectivity index (χ0n) is 18.2. The largest absolute Gasteiger partial charge is 0.444 e. The van der Waals surface area contributed by atoms with Gasteiger partial charge in [0.05, 0.1) is 30.1 Å². The number of halogens is 1. The van der Waals surface area contributed by atoms with Gasteiger partial charge in [-0.3, -0.25) is 9.88 Å². The van der Waals surface area contributed by atoms with Crippen LogP contribution in [0.25, 0.3) is 11.1 Å². The molecule has 4 rings (SSSR count). The van der Waals surface area contributed by atoms with E-state index in [2.05, 4.69) is 10.3 Å². The molecule has 8 nitrogen and oxygen atoms in total. The number of benzene rings is 1. The molecule has 2 heterocycles. The van der Waals surface area contributed by atoms with Crippen molar-refractivity contribution in [2.45, 2.75) is 50.9 Å². The molecule has 0 bridgehead atoms. The van der Waals surface area contributed by atoms with Crippen molar-refractivity contribution >= 4 is 17.9 Å². The highest BCUT2D eigenvalue weighted by Gasteiger charge is 2.48. The number of aromatic nitrogens is 1. The number of hydrogen-bond acceptors (Lipinski definition) is 6. The molecule has 1 saturated carbocycles. The van der Waals surface area contributed by atoms with Crippen LogP contribution in [-0.2, 0) is 15.0 Å². The van der Waals surface area contributed by atoms with E-state index in [0.717, 1.165) is 12.8 Å². The molecule has 1 unspecified atom stereocenters. The fourth-order valence-corrected chi connectivity index (χ4v) is 3.64. The minimum atomic E-state index is -0.619. The highest BCUT2D eigenvalue weighted by atomic mass is 19.1. The maximum Gasteiger partial charge on any atom is 0.414 e. The summed E-state index contributed by atoms with van der Waals surface area (Å²) in [4.78, 5) is 29.8. The molecular formula is C23H26FN3O5. The van der Waals surface area contributed by atoms with Gasteiger partial charge in [-0.2, -0.15) is 0 Å². The number of nitrogens with one attached hydrogen (secondary N) is 1. The van der Waals surface area contributed by atoms with Crippen LogP contribution in [0.3, 0.4) is 0 Å². The highest BCUT2D eigenvalue weighted by Crippen LogP contribution is 2.45. The van der Waals surface area contributed by atoms with E-state index in [9.17, 15) is 14.0 Å². The lowest BCUT2D eigenvalue weighted by Crippen LogP contribution is -2.39. The van der Waals surface area contributed by atoms with Gasteiger partial charge in [0.2, 0.25) is 0 Å². The van der Waals surface area contributed by atoms with Gasteiger partial charge >= 0.3 is 12.2 Å². The number of aliphatic hydroxyl groups is 1. The number of carbonyl (C=O) groups excluding carboxylic acids is 2. The van der Waals surface area contributed by atoms with Crippen LogP contribution >= 0.6 is 0 Å². The van der Waals surface area contributed by atoms with Crippen LogP contribution in [0.4, 0.5) is 19.7 Å². The van der Waals surface area contributed by atoms with Gasteiger partial charge in [0.15, 0.2) is 0 Å². The first-order valence-corrected chi connectivity index (χ1v) is 10.5. The van der Waals surface area contributed by atoms with Gasteiger partial charge in [0.1, 0.15) is 17.5 Å². The number of pyridine rings is 1. The molecule has 1 aliphatic heterocycles. The number of nitrogens with zero attached hydrogens (tertiary/aromatic N) is 2. The van der Waals surface area contributed by atoms with Crippen molar-refractivity contribution in [3.8, 4) is 11.1 Å². The third-order valence-corrected chi connectivity index (χ3v) is 5.40. The molecule has 0 spiro atoms. The Morgan fingerprint density at radius 1 is 1.34 bits per heavy atom. The van der Waals surface area contributed by atoms with Crippen molar-refractivity contribution in [2.24, 2.45) is 0 Å². The Hall–Kier alpha value is -3.20. The second-order valence-corrected chi connectivity index (χ2v) is 9.10. The van der Waals surface area contributed by atoms with Crippen molar-refractivity contribution in [2.75, 3.05) is 18.1 Å². The van der Waals surface area contributed by atoms with Gasteiger partial charge in [0.25, 0.3) is 0 Å². The third kappa shape index (κ3) is 4.52. The Morgan fingerprint density at radius 2 is 2.09 bits per heavy atom. The Labute approximate surface area is 185 Å². The number of rotatable bonds is 5. The van der Waals surface area contributed by atoms with Gasteiger partial charge in [-0.1, -0.05) is 6.07 Å². The number of hydrogen-bond donors (Lipinski definition) is 2. The highest BCUT2D eigenvalue weighted by molar-refractivity contribution is 5.90. The van der Waals surface area contributed by atoms with Gasteiger partial charge in [-0.05, 0) is 57.9 Å². The first-order chi connectivity index (χ1) is 15.1. The third-order valence-electron chi connectivity index (χ3n) is 5.40. The predicted octanol–water partition coefficient (Wildman–Crippen LogP) is 3.72. The zero-order valence-corrected chi connectivity index (χ0v) is 18.2. The van der Waals surface area contributed by atoms with Crippen LogP contribution in [-0.4, -0.2) is 47.1 Å². The first kappa shape index (κ1) is 22.0. The molecule has 9 heteroatoms. The van der Waals surface area contributed by atoms with Crippen molar-refractivity contribution in [3.05, 3.63) is 48.0 Å². The summed E-state index contributed by atoms with van der Waals surface area (Å²) < 4.78 is 25.2. The molecule has 2 aromatic rings. The van der Waals surface area contributed by atoms with E-state index in [4.69, 9.17) is 14.6 Å². The smallest absolute Gasteiger partial charge is 0.414 e. The molecule has 0 radical (unpaired) electrons. The summed E-state index contributed by atoms with van der Waals surface area (Å²) in [6, 6.07) is 7.99. The lowest BCUT2D eigenvalue weighted by molar-refractivity contribution is 0.0493. The number of anilines is 1. The monoisotopic (exact) mass is 443 g/mol. The fourth-order valence-electron chi connectivity index (χ4n) is 3.64. The second-order valence-electron chi connectivity index (χ2n) is 9.10. The van der Waals surface area contributed by atoms with E-state index in [0.29, 0.717) is 22.5 Å². The quantitative estimate of drug-likeness (QED) is 0.731. The maximum atomic E-state index is 14.8. The summed E-state index contributed by atoms with van der Waals surface area (Å²) >= 11 is 0. The van der Waals surface area contributed by atoms with E-state index in [1.54, 1.807) is 51.2 Å². The minimum Gasteiger partial charge on any atom is -0.444 e. The summed E-state index contributed by atoms with van der Waals surface area (Å²) in [6.07, 6.45) is 1.34. The van der Waals surface area contributed by atoms with Gasteiger partial charge < -0.3 is 19.9 Å². The molecule has 1 aliphatic carbocycles. The summed E-state index contributed by atoms with van der Waals surface area (Å²) in [7, 11) is 0. The van der Waals surface area contributed by atoms with Gasteiger partial charge in [0, 0.05) is 17.3 Å². The lowest BCUT2D eigenvalue weighted by atomic mass is 10.0. The molecule has 2 N–H and O–H groups in total. The van der Waals surface area contributed by atoms with E-state index in [1.165, 1.54) is 11.0 Å². The molecule has 2 aliphatic rings. The summed E-state index contributed by atoms with van der Waals surface area (Å²) in [5, 5.41) is 12.1. The molecule has 170 valence electrons.